The third-order valence-corrected chi connectivity index (χ3v) is 3.14. The van der Waals surface area contributed by atoms with Crippen molar-refractivity contribution >= 4 is 17.3 Å². The van der Waals surface area contributed by atoms with E-state index in [1.165, 1.54) is 0 Å². The summed E-state index contributed by atoms with van der Waals surface area (Å²) in [5, 5.41) is 12.0. The van der Waals surface area contributed by atoms with Crippen molar-refractivity contribution in [3.63, 3.8) is 0 Å². The normalized spacial score (nSPS) is 14.0. The number of nitriles is 1. The minimum atomic E-state index is 0.0568. The molecule has 1 aliphatic rings. The molecule has 0 fully saturated rings. The quantitative estimate of drug-likeness (QED) is 0.883. The molecule has 19 heavy (non-hydrogen) atoms. The van der Waals surface area contributed by atoms with Gasteiger partial charge >= 0.3 is 0 Å². The molecule has 100 valence electrons. The highest BCUT2D eigenvalue weighted by molar-refractivity contribution is 6.02. The zero-order valence-corrected chi connectivity index (χ0v) is 11.3. The Morgan fingerprint density at radius 2 is 2.26 bits per heavy atom. The maximum atomic E-state index is 12.0. The molecule has 0 aromatic heterocycles. The second-order valence-corrected chi connectivity index (χ2v) is 4.90. The molecule has 5 nitrogen and oxygen atoms in total. The molecule has 1 aromatic carbocycles. The Kier molecular flexibility index (Phi) is 4.03. The van der Waals surface area contributed by atoms with Crippen molar-refractivity contribution < 1.29 is 4.79 Å². The van der Waals surface area contributed by atoms with Crippen molar-refractivity contribution in [3.05, 3.63) is 23.8 Å². The van der Waals surface area contributed by atoms with Crippen LogP contribution >= 0.6 is 0 Å². The van der Waals surface area contributed by atoms with Crippen molar-refractivity contribution in [2.24, 2.45) is 0 Å². The lowest BCUT2D eigenvalue weighted by Gasteiger charge is -2.30. The van der Waals surface area contributed by atoms with E-state index in [9.17, 15) is 4.79 Å². The fourth-order valence-electron chi connectivity index (χ4n) is 2.16. The zero-order valence-electron chi connectivity index (χ0n) is 11.3. The Labute approximate surface area is 113 Å². The first-order chi connectivity index (χ1) is 9.11. The molecule has 1 N–H and O–H groups in total. The van der Waals surface area contributed by atoms with Crippen LogP contribution in [-0.2, 0) is 4.79 Å². The summed E-state index contributed by atoms with van der Waals surface area (Å²) in [6, 6.07) is 7.51. The van der Waals surface area contributed by atoms with Gasteiger partial charge in [-0.2, -0.15) is 5.26 Å². The van der Waals surface area contributed by atoms with Gasteiger partial charge in [-0.25, -0.2) is 0 Å². The van der Waals surface area contributed by atoms with Gasteiger partial charge in [0, 0.05) is 6.54 Å². The van der Waals surface area contributed by atoms with Crippen LogP contribution in [0.5, 0.6) is 0 Å². The summed E-state index contributed by atoms with van der Waals surface area (Å²) in [5.41, 5.74) is 2.31. The van der Waals surface area contributed by atoms with Crippen molar-refractivity contribution in [1.29, 1.82) is 5.26 Å². The molecule has 0 saturated heterocycles. The second kappa shape index (κ2) is 5.72. The highest BCUT2D eigenvalue weighted by Gasteiger charge is 2.23. The first kappa shape index (κ1) is 13.4. The number of rotatable bonds is 4. The maximum absolute atomic E-state index is 12.0. The lowest BCUT2D eigenvalue weighted by molar-refractivity contribution is -0.117. The predicted molar refractivity (Wildman–Crippen MR) is 75.2 cm³/mol. The Morgan fingerprint density at radius 1 is 1.47 bits per heavy atom. The fourth-order valence-corrected chi connectivity index (χ4v) is 2.16. The van der Waals surface area contributed by atoms with Crippen LogP contribution in [0.25, 0.3) is 0 Å². The summed E-state index contributed by atoms with van der Waals surface area (Å²) in [6.07, 6.45) is 0.912. The molecule has 0 unspecified atom stereocenters. The van der Waals surface area contributed by atoms with E-state index in [2.05, 4.69) is 16.3 Å². The largest absolute Gasteiger partial charge is 0.374 e. The summed E-state index contributed by atoms with van der Waals surface area (Å²) in [7, 11) is 4.03. The van der Waals surface area contributed by atoms with Crippen LogP contribution in [0, 0.1) is 11.3 Å². The van der Waals surface area contributed by atoms with Crippen molar-refractivity contribution in [2.45, 2.75) is 6.42 Å². The van der Waals surface area contributed by atoms with Gasteiger partial charge in [0.1, 0.15) is 0 Å². The van der Waals surface area contributed by atoms with Crippen LogP contribution in [0.1, 0.15) is 12.0 Å². The molecule has 0 spiro atoms. The highest BCUT2D eigenvalue weighted by atomic mass is 16.2. The summed E-state index contributed by atoms with van der Waals surface area (Å²) < 4.78 is 0. The zero-order chi connectivity index (χ0) is 13.8. The topological polar surface area (TPSA) is 59.4 Å². The molecule has 5 heteroatoms. The smallest absolute Gasteiger partial charge is 0.246 e. The van der Waals surface area contributed by atoms with Gasteiger partial charge in [-0.3, -0.25) is 4.79 Å². The number of anilines is 2. The Balaban J connectivity index is 2.19. The highest BCUT2D eigenvalue weighted by Crippen LogP contribution is 2.30. The molecule has 1 aliphatic heterocycles. The number of benzene rings is 1. The Bertz CT molecular complexity index is 519. The summed E-state index contributed by atoms with van der Waals surface area (Å²) in [5.74, 6) is 0.0568. The molecule has 1 amide bonds. The average Bonchev–Trinajstić information content (AvgIpc) is 2.40. The van der Waals surface area contributed by atoms with Gasteiger partial charge in [0.25, 0.3) is 0 Å². The molecule has 0 radical (unpaired) electrons. The van der Waals surface area contributed by atoms with Crippen LogP contribution in [-0.4, -0.2) is 44.5 Å². The minimum absolute atomic E-state index is 0.0568. The van der Waals surface area contributed by atoms with Crippen LogP contribution in [0.4, 0.5) is 11.4 Å². The third-order valence-electron chi connectivity index (χ3n) is 3.14. The standard InChI is InChI=1S/C14H18N4O/c1-17(2)6-3-7-18-13-8-11(9-15)4-5-12(13)16-10-14(18)19/h4-5,8,16H,3,6-7,10H2,1-2H3. The molecule has 0 aliphatic carbocycles. The van der Waals surface area contributed by atoms with Crippen LogP contribution in [0.15, 0.2) is 18.2 Å². The molecule has 2 rings (SSSR count). The van der Waals surface area contributed by atoms with Gasteiger partial charge in [0.2, 0.25) is 5.91 Å². The van der Waals surface area contributed by atoms with Gasteiger partial charge in [-0.05, 0) is 45.3 Å². The Morgan fingerprint density at radius 3 is 2.95 bits per heavy atom. The van der Waals surface area contributed by atoms with Gasteiger partial charge in [-0.15, -0.1) is 0 Å². The average molecular weight is 258 g/mol. The predicted octanol–water partition coefficient (Wildman–Crippen LogP) is 1.27. The van der Waals surface area contributed by atoms with Crippen molar-refractivity contribution in [1.82, 2.24) is 4.90 Å². The number of nitrogens with one attached hydrogen (secondary N) is 1. The monoisotopic (exact) mass is 258 g/mol. The maximum Gasteiger partial charge on any atom is 0.246 e. The van der Waals surface area contributed by atoms with Gasteiger partial charge in [0.05, 0.1) is 29.6 Å². The summed E-state index contributed by atoms with van der Waals surface area (Å²) in [6.45, 7) is 1.94. The molecule has 1 heterocycles. The van der Waals surface area contributed by atoms with E-state index >= 15 is 0 Å². The molecule has 0 saturated carbocycles. The van der Waals surface area contributed by atoms with E-state index in [1.54, 1.807) is 17.0 Å². The van der Waals surface area contributed by atoms with Crippen LogP contribution in [0.2, 0.25) is 0 Å². The first-order valence-electron chi connectivity index (χ1n) is 6.35. The van der Waals surface area contributed by atoms with Gasteiger partial charge in [0.15, 0.2) is 0 Å². The second-order valence-electron chi connectivity index (χ2n) is 4.90. The number of carbonyl (C=O) groups is 1. The molecular weight excluding hydrogens is 240 g/mol. The number of carbonyl (C=O) groups excluding carboxylic acids is 1. The van der Waals surface area contributed by atoms with E-state index < -0.39 is 0 Å². The number of hydrogen-bond acceptors (Lipinski definition) is 4. The van der Waals surface area contributed by atoms with Crippen molar-refractivity contribution in [3.8, 4) is 6.07 Å². The number of nitrogens with zero attached hydrogens (tertiary/aromatic N) is 3. The molecule has 0 atom stereocenters. The van der Waals surface area contributed by atoms with E-state index in [4.69, 9.17) is 5.26 Å². The van der Waals surface area contributed by atoms with E-state index in [0.717, 1.165) is 24.3 Å². The summed E-state index contributed by atoms with van der Waals surface area (Å²) in [4.78, 5) is 15.9. The third kappa shape index (κ3) is 3.04. The SMILES string of the molecule is CN(C)CCCN1C(=O)CNc2ccc(C#N)cc21. The van der Waals surface area contributed by atoms with Crippen LogP contribution in [0.3, 0.4) is 0 Å². The number of hydrogen-bond donors (Lipinski definition) is 1. The summed E-state index contributed by atoms with van der Waals surface area (Å²) >= 11 is 0. The van der Waals surface area contributed by atoms with Gasteiger partial charge in [-0.1, -0.05) is 0 Å². The van der Waals surface area contributed by atoms with Crippen LogP contribution < -0.4 is 10.2 Å². The number of fused-ring (bicyclic) bond motifs is 1. The lowest BCUT2D eigenvalue weighted by Crippen LogP contribution is -2.41. The molecule has 0 bridgehead atoms. The Hall–Kier alpha value is -2.06. The van der Waals surface area contributed by atoms with E-state index in [-0.39, 0.29) is 5.91 Å². The van der Waals surface area contributed by atoms with Crippen molar-refractivity contribution in [2.75, 3.05) is 43.9 Å². The van der Waals surface area contributed by atoms with Gasteiger partial charge < -0.3 is 15.1 Å². The van der Waals surface area contributed by atoms with E-state index in [0.29, 0.717) is 18.7 Å². The minimum Gasteiger partial charge on any atom is -0.374 e. The molecular formula is C14H18N4O. The lowest BCUT2D eigenvalue weighted by atomic mass is 10.1. The number of amides is 1. The first-order valence-corrected chi connectivity index (χ1v) is 6.35. The fraction of sp³-hybridized carbons (Fsp3) is 0.429. The van der Waals surface area contributed by atoms with E-state index in [1.807, 2.05) is 20.2 Å². The molecule has 1 aromatic rings.